The van der Waals surface area contributed by atoms with Crippen LogP contribution in [-0.2, 0) is 0 Å². The van der Waals surface area contributed by atoms with E-state index in [1.165, 1.54) is 18.2 Å². The third kappa shape index (κ3) is 3.05. The number of nitrogens with zero attached hydrogens (tertiary/aromatic N) is 4. The molecule has 8 heteroatoms. The molecule has 0 saturated carbocycles. The second kappa shape index (κ2) is 7.62. The molecule has 0 radical (unpaired) electrons. The summed E-state index contributed by atoms with van der Waals surface area (Å²) in [5.74, 6) is -7.89. The molecule has 2 aromatic carbocycles. The van der Waals surface area contributed by atoms with Crippen molar-refractivity contribution >= 4 is 11.1 Å². The van der Waals surface area contributed by atoms with Gasteiger partial charge >= 0.3 is 0 Å². The lowest BCUT2D eigenvalue weighted by atomic mass is 9.94. The summed E-state index contributed by atoms with van der Waals surface area (Å²) in [6.07, 6.45) is 0. The van der Waals surface area contributed by atoms with Gasteiger partial charge in [0.15, 0.2) is 23.3 Å². The highest BCUT2D eigenvalue weighted by Crippen LogP contribution is 2.28. The van der Waals surface area contributed by atoms with Gasteiger partial charge in [-0.05, 0) is 31.2 Å². The van der Waals surface area contributed by atoms with E-state index in [-0.39, 0.29) is 11.1 Å². The third-order valence-electron chi connectivity index (χ3n) is 3.94. The molecule has 0 N–H and O–H groups in total. The van der Waals surface area contributed by atoms with E-state index in [9.17, 15) is 33.3 Å². The monoisotopic (exact) mass is 380 g/mol. The quantitative estimate of drug-likeness (QED) is 0.561. The fourth-order valence-corrected chi connectivity index (χ4v) is 2.56. The Labute approximate surface area is 156 Å². The Morgan fingerprint density at radius 2 is 1.21 bits per heavy atom. The van der Waals surface area contributed by atoms with Gasteiger partial charge in [-0.2, -0.15) is 21.0 Å². The first kappa shape index (κ1) is 20.2. The smallest absolute Gasteiger partial charge is 0.180 e. The predicted molar refractivity (Wildman–Crippen MR) is 89.0 cm³/mol. The van der Waals surface area contributed by atoms with E-state index in [2.05, 4.69) is 0 Å². The van der Waals surface area contributed by atoms with Crippen molar-refractivity contribution in [1.82, 2.24) is 0 Å². The topological polar surface area (TPSA) is 95.2 Å². The molecule has 0 amide bonds. The fourth-order valence-electron chi connectivity index (χ4n) is 2.56. The normalized spacial score (nSPS) is 9.64. The lowest BCUT2D eigenvalue weighted by Gasteiger charge is -2.09. The minimum absolute atomic E-state index is 0.282. The number of hydrogen-bond acceptors (Lipinski definition) is 4. The van der Waals surface area contributed by atoms with E-state index < -0.39 is 45.2 Å². The number of rotatable bonds is 1. The van der Waals surface area contributed by atoms with Gasteiger partial charge in [-0.1, -0.05) is 5.57 Å². The molecule has 0 aliphatic heterocycles. The SMILES string of the molecule is CC(C)=c1cc(C#N)c(=C(C#N)c2c(F)c(F)c(C#N)c(F)c2F)c(C#N)c1. The summed E-state index contributed by atoms with van der Waals surface area (Å²) < 4.78 is 56.8. The lowest BCUT2D eigenvalue weighted by Crippen LogP contribution is -2.23. The second-order valence-corrected chi connectivity index (χ2v) is 5.77. The summed E-state index contributed by atoms with van der Waals surface area (Å²) in [6, 6.07) is 8.44. The zero-order chi connectivity index (χ0) is 21.2. The first-order valence-corrected chi connectivity index (χ1v) is 7.56. The zero-order valence-electron chi connectivity index (χ0n) is 14.5. The van der Waals surface area contributed by atoms with Crippen LogP contribution in [0.4, 0.5) is 17.6 Å². The van der Waals surface area contributed by atoms with E-state index in [1.807, 2.05) is 0 Å². The molecule has 0 fully saturated rings. The van der Waals surface area contributed by atoms with Crippen LogP contribution in [0.15, 0.2) is 12.1 Å². The van der Waals surface area contributed by atoms with Crippen LogP contribution in [0.25, 0.3) is 11.1 Å². The highest BCUT2D eigenvalue weighted by molar-refractivity contribution is 5.80. The van der Waals surface area contributed by atoms with Crippen molar-refractivity contribution in [2.24, 2.45) is 0 Å². The van der Waals surface area contributed by atoms with Gasteiger partial charge in [-0.15, -0.1) is 0 Å². The molecule has 0 spiro atoms. The average molecular weight is 380 g/mol. The minimum Gasteiger partial charge on any atom is -0.203 e. The van der Waals surface area contributed by atoms with E-state index in [1.54, 1.807) is 26.0 Å². The van der Waals surface area contributed by atoms with Crippen molar-refractivity contribution in [3.05, 3.63) is 68.1 Å². The largest absolute Gasteiger partial charge is 0.203 e. The summed E-state index contributed by atoms with van der Waals surface area (Å²) in [6.45, 7) is 3.38. The van der Waals surface area contributed by atoms with Gasteiger partial charge in [0.05, 0.1) is 34.4 Å². The van der Waals surface area contributed by atoms with Crippen LogP contribution in [0.1, 0.15) is 36.1 Å². The second-order valence-electron chi connectivity index (χ2n) is 5.77. The van der Waals surface area contributed by atoms with Crippen molar-refractivity contribution in [3.8, 4) is 24.3 Å². The first-order chi connectivity index (χ1) is 13.2. The van der Waals surface area contributed by atoms with Gasteiger partial charge in [0.1, 0.15) is 17.7 Å². The molecule has 0 aliphatic rings. The summed E-state index contributed by atoms with van der Waals surface area (Å²) in [4.78, 5) is 0. The van der Waals surface area contributed by atoms with Gasteiger partial charge in [0.2, 0.25) is 0 Å². The Bertz CT molecular complexity index is 1240. The molecule has 0 unspecified atom stereocenters. The van der Waals surface area contributed by atoms with Crippen LogP contribution in [-0.4, -0.2) is 0 Å². The minimum atomic E-state index is -1.98. The molecule has 136 valence electrons. The van der Waals surface area contributed by atoms with Gasteiger partial charge in [0.25, 0.3) is 0 Å². The van der Waals surface area contributed by atoms with E-state index in [4.69, 9.17) is 5.26 Å². The van der Waals surface area contributed by atoms with Gasteiger partial charge in [-0.25, -0.2) is 17.6 Å². The predicted octanol–water partition coefficient (Wildman–Crippen LogP) is 2.77. The van der Waals surface area contributed by atoms with Gasteiger partial charge in [0, 0.05) is 5.22 Å². The van der Waals surface area contributed by atoms with Crippen LogP contribution in [0.5, 0.6) is 0 Å². The highest BCUT2D eigenvalue weighted by atomic mass is 19.2. The molecular formula is C20H8F4N4. The number of halogens is 4. The third-order valence-corrected chi connectivity index (χ3v) is 3.94. The standard InChI is InChI=1S/C20H8F4N4/c1-9(2)10-3-11(5-25)15(12(4-10)6-26)13(7-27)16-19(23)17(21)14(8-28)18(22)20(16)24/h3-4H,1-2H3. The molecule has 0 bridgehead atoms. The maximum Gasteiger partial charge on any atom is 0.180 e. The maximum absolute atomic E-state index is 14.4. The molecule has 2 aromatic rings. The molecule has 28 heavy (non-hydrogen) atoms. The molecular weight excluding hydrogens is 372 g/mol. The number of nitriles is 4. The average Bonchev–Trinajstić information content (AvgIpc) is 2.69. The van der Waals surface area contributed by atoms with E-state index in [0.717, 1.165) is 6.07 Å². The Morgan fingerprint density at radius 3 is 1.54 bits per heavy atom. The maximum atomic E-state index is 14.4. The lowest BCUT2D eigenvalue weighted by molar-refractivity contribution is 0.447. The fraction of sp³-hybridized carbons (Fsp3) is 0.100. The van der Waals surface area contributed by atoms with Crippen LogP contribution in [0.2, 0.25) is 0 Å². The van der Waals surface area contributed by atoms with Crippen molar-refractivity contribution in [1.29, 1.82) is 21.0 Å². The summed E-state index contributed by atoms with van der Waals surface area (Å²) >= 11 is 0. The Hall–Kier alpha value is -4.14. The first-order valence-electron chi connectivity index (χ1n) is 7.56. The van der Waals surface area contributed by atoms with Crippen molar-refractivity contribution in [3.63, 3.8) is 0 Å². The van der Waals surface area contributed by atoms with Crippen molar-refractivity contribution in [2.75, 3.05) is 0 Å². The number of hydrogen-bond donors (Lipinski definition) is 0. The number of benzene rings is 2. The molecule has 0 aromatic heterocycles. The zero-order valence-corrected chi connectivity index (χ0v) is 14.5. The van der Waals surface area contributed by atoms with Crippen molar-refractivity contribution < 1.29 is 17.6 Å². The molecule has 0 heterocycles. The Balaban J connectivity index is 3.26. The Kier molecular flexibility index (Phi) is 5.49. The summed E-state index contributed by atoms with van der Waals surface area (Å²) in [5.41, 5.74) is -3.67. The van der Waals surface area contributed by atoms with Crippen LogP contribution in [0, 0.1) is 68.6 Å². The molecule has 0 aliphatic carbocycles. The van der Waals surface area contributed by atoms with E-state index >= 15 is 0 Å². The highest BCUT2D eigenvalue weighted by Gasteiger charge is 2.28. The summed E-state index contributed by atoms with van der Waals surface area (Å²) in [7, 11) is 0. The molecule has 0 saturated heterocycles. The van der Waals surface area contributed by atoms with E-state index in [0.29, 0.717) is 10.8 Å². The van der Waals surface area contributed by atoms with Crippen LogP contribution < -0.4 is 10.4 Å². The molecule has 4 nitrogen and oxygen atoms in total. The van der Waals surface area contributed by atoms with Gasteiger partial charge in [-0.3, -0.25) is 0 Å². The Morgan fingerprint density at radius 1 is 0.750 bits per heavy atom. The molecule has 2 rings (SSSR count). The summed E-state index contributed by atoms with van der Waals surface area (Å²) in [5, 5.41) is 36.9. The van der Waals surface area contributed by atoms with Crippen molar-refractivity contribution in [2.45, 2.75) is 13.8 Å². The van der Waals surface area contributed by atoms with Crippen LogP contribution in [0.3, 0.4) is 0 Å². The molecule has 0 atom stereocenters. The van der Waals surface area contributed by atoms with Gasteiger partial charge < -0.3 is 0 Å². The van der Waals surface area contributed by atoms with Crippen LogP contribution >= 0.6 is 0 Å².